The normalized spacial score (nSPS) is 10.6. The van der Waals surface area contributed by atoms with Crippen LogP contribution in [0.15, 0.2) is 54.6 Å². The molecule has 0 unspecified atom stereocenters. The molecule has 3 nitrogen and oxygen atoms in total. The highest BCUT2D eigenvalue weighted by Crippen LogP contribution is 2.34. The highest BCUT2D eigenvalue weighted by atomic mass is 19.1. The number of anilines is 1. The second-order valence-electron chi connectivity index (χ2n) is 4.24. The maximum Gasteiger partial charge on any atom is 0.153 e. The molecule has 0 saturated heterocycles. The van der Waals surface area contributed by atoms with Crippen molar-refractivity contribution in [3.8, 4) is 22.4 Å². The third-order valence-electron chi connectivity index (χ3n) is 2.97. The molecule has 0 saturated carbocycles. The van der Waals surface area contributed by atoms with Gasteiger partial charge in [-0.3, -0.25) is 5.10 Å². The Kier molecular flexibility index (Phi) is 2.76. The summed E-state index contributed by atoms with van der Waals surface area (Å²) in [6.07, 6.45) is 0. The number of aromatic nitrogens is 2. The smallest absolute Gasteiger partial charge is 0.153 e. The highest BCUT2D eigenvalue weighted by Gasteiger charge is 2.14. The number of halogens is 1. The minimum Gasteiger partial charge on any atom is -0.382 e. The molecular formula is C15H12FN3. The lowest BCUT2D eigenvalue weighted by Crippen LogP contribution is -1.88. The summed E-state index contributed by atoms with van der Waals surface area (Å²) in [7, 11) is 0. The molecule has 3 rings (SSSR count). The van der Waals surface area contributed by atoms with Crippen LogP contribution in [0.3, 0.4) is 0 Å². The average molecular weight is 253 g/mol. The van der Waals surface area contributed by atoms with Gasteiger partial charge in [0.25, 0.3) is 0 Å². The monoisotopic (exact) mass is 253 g/mol. The van der Waals surface area contributed by atoms with Gasteiger partial charge in [-0.05, 0) is 17.7 Å². The van der Waals surface area contributed by atoms with Gasteiger partial charge in [0.1, 0.15) is 5.82 Å². The van der Waals surface area contributed by atoms with E-state index >= 15 is 0 Å². The summed E-state index contributed by atoms with van der Waals surface area (Å²) in [4.78, 5) is 0. The van der Waals surface area contributed by atoms with E-state index in [1.54, 1.807) is 6.07 Å². The summed E-state index contributed by atoms with van der Waals surface area (Å²) in [6, 6.07) is 16.0. The summed E-state index contributed by atoms with van der Waals surface area (Å²) in [5.74, 6) is 0.121. The lowest BCUT2D eigenvalue weighted by molar-refractivity contribution is 0.628. The second kappa shape index (κ2) is 4.57. The van der Waals surface area contributed by atoms with E-state index in [-0.39, 0.29) is 5.82 Å². The standard InChI is InChI=1S/C15H12FN3/c16-12-8-4-7-11(9-12)14-13(15(17)19-18-14)10-5-2-1-3-6-10/h1-9H,(H3,17,18,19). The molecular weight excluding hydrogens is 241 g/mol. The number of hydrogen-bond donors (Lipinski definition) is 2. The van der Waals surface area contributed by atoms with Crippen molar-refractivity contribution < 1.29 is 4.39 Å². The summed E-state index contributed by atoms with van der Waals surface area (Å²) in [5, 5.41) is 6.90. The summed E-state index contributed by atoms with van der Waals surface area (Å²) in [5.41, 5.74) is 9.11. The third-order valence-corrected chi connectivity index (χ3v) is 2.97. The van der Waals surface area contributed by atoms with Crippen molar-refractivity contribution in [1.29, 1.82) is 0 Å². The van der Waals surface area contributed by atoms with E-state index in [1.807, 2.05) is 36.4 Å². The largest absolute Gasteiger partial charge is 0.382 e. The zero-order chi connectivity index (χ0) is 13.2. The van der Waals surface area contributed by atoms with E-state index in [1.165, 1.54) is 12.1 Å². The van der Waals surface area contributed by atoms with E-state index in [9.17, 15) is 4.39 Å². The molecule has 94 valence electrons. The van der Waals surface area contributed by atoms with Crippen molar-refractivity contribution in [1.82, 2.24) is 10.2 Å². The van der Waals surface area contributed by atoms with Crippen LogP contribution in [0.5, 0.6) is 0 Å². The van der Waals surface area contributed by atoms with E-state index in [0.717, 1.165) is 22.4 Å². The number of hydrogen-bond acceptors (Lipinski definition) is 2. The van der Waals surface area contributed by atoms with Crippen LogP contribution < -0.4 is 5.73 Å². The molecule has 1 aromatic heterocycles. The number of nitrogen functional groups attached to an aromatic ring is 1. The molecule has 0 bridgehead atoms. The molecule has 0 aliphatic rings. The molecule has 0 atom stereocenters. The van der Waals surface area contributed by atoms with Crippen molar-refractivity contribution >= 4 is 5.82 Å². The molecule has 3 aromatic rings. The number of nitrogens with two attached hydrogens (primary N) is 1. The Hall–Kier alpha value is -2.62. The Morgan fingerprint density at radius 1 is 0.947 bits per heavy atom. The van der Waals surface area contributed by atoms with Gasteiger partial charge in [-0.15, -0.1) is 0 Å². The molecule has 0 aliphatic heterocycles. The van der Waals surface area contributed by atoms with Crippen LogP contribution in [0.2, 0.25) is 0 Å². The Morgan fingerprint density at radius 2 is 1.68 bits per heavy atom. The quantitative estimate of drug-likeness (QED) is 0.734. The first kappa shape index (κ1) is 11.5. The lowest BCUT2D eigenvalue weighted by Gasteiger charge is -2.04. The third kappa shape index (κ3) is 2.08. The summed E-state index contributed by atoms with van der Waals surface area (Å²) in [6.45, 7) is 0. The number of nitrogens with zero attached hydrogens (tertiary/aromatic N) is 1. The Bertz CT molecular complexity index is 704. The topological polar surface area (TPSA) is 54.7 Å². The molecule has 4 heteroatoms. The Balaban J connectivity index is 2.19. The molecule has 0 spiro atoms. The van der Waals surface area contributed by atoms with Gasteiger partial charge in [-0.25, -0.2) is 4.39 Å². The molecule has 0 fully saturated rings. The number of nitrogens with one attached hydrogen (secondary N) is 1. The van der Waals surface area contributed by atoms with Crippen LogP contribution in [0.25, 0.3) is 22.4 Å². The highest BCUT2D eigenvalue weighted by molar-refractivity contribution is 5.87. The second-order valence-corrected chi connectivity index (χ2v) is 4.24. The van der Waals surface area contributed by atoms with Gasteiger partial charge in [0.2, 0.25) is 0 Å². The predicted octanol–water partition coefficient (Wildman–Crippen LogP) is 3.47. The molecule has 2 aromatic carbocycles. The Labute approximate surface area is 109 Å². The van der Waals surface area contributed by atoms with Crippen LogP contribution in [-0.2, 0) is 0 Å². The zero-order valence-electron chi connectivity index (χ0n) is 10.1. The van der Waals surface area contributed by atoms with Crippen molar-refractivity contribution in [2.24, 2.45) is 0 Å². The maximum absolute atomic E-state index is 13.3. The first-order valence-electron chi connectivity index (χ1n) is 5.91. The van der Waals surface area contributed by atoms with Gasteiger partial charge >= 0.3 is 0 Å². The van der Waals surface area contributed by atoms with Crippen molar-refractivity contribution in [2.75, 3.05) is 5.73 Å². The number of aromatic amines is 1. The van der Waals surface area contributed by atoms with Crippen LogP contribution >= 0.6 is 0 Å². The van der Waals surface area contributed by atoms with E-state index in [4.69, 9.17) is 5.73 Å². The fraction of sp³-hybridized carbons (Fsp3) is 0. The van der Waals surface area contributed by atoms with Crippen molar-refractivity contribution in [3.05, 3.63) is 60.4 Å². The minimum atomic E-state index is -0.287. The lowest BCUT2D eigenvalue weighted by atomic mass is 10.0. The Morgan fingerprint density at radius 3 is 2.42 bits per heavy atom. The van der Waals surface area contributed by atoms with Crippen LogP contribution in [0.4, 0.5) is 10.2 Å². The molecule has 0 amide bonds. The summed E-state index contributed by atoms with van der Waals surface area (Å²) >= 11 is 0. The molecule has 1 heterocycles. The number of H-pyrrole nitrogens is 1. The van der Waals surface area contributed by atoms with Crippen LogP contribution in [0.1, 0.15) is 0 Å². The zero-order valence-corrected chi connectivity index (χ0v) is 10.1. The van der Waals surface area contributed by atoms with Crippen LogP contribution in [-0.4, -0.2) is 10.2 Å². The van der Waals surface area contributed by atoms with E-state index < -0.39 is 0 Å². The predicted molar refractivity (Wildman–Crippen MR) is 73.8 cm³/mol. The van der Waals surface area contributed by atoms with E-state index in [2.05, 4.69) is 10.2 Å². The fourth-order valence-corrected chi connectivity index (χ4v) is 2.11. The van der Waals surface area contributed by atoms with E-state index in [0.29, 0.717) is 5.82 Å². The van der Waals surface area contributed by atoms with Crippen LogP contribution in [0, 0.1) is 5.82 Å². The molecule has 3 N–H and O–H groups in total. The van der Waals surface area contributed by atoms with Gasteiger partial charge < -0.3 is 5.73 Å². The van der Waals surface area contributed by atoms with Gasteiger partial charge in [0.15, 0.2) is 5.82 Å². The fourth-order valence-electron chi connectivity index (χ4n) is 2.11. The minimum absolute atomic E-state index is 0.287. The van der Waals surface area contributed by atoms with Gasteiger partial charge in [-0.2, -0.15) is 5.10 Å². The molecule has 0 radical (unpaired) electrons. The maximum atomic E-state index is 13.3. The van der Waals surface area contributed by atoms with Gasteiger partial charge in [0.05, 0.1) is 11.3 Å². The molecule has 0 aliphatic carbocycles. The first-order valence-corrected chi connectivity index (χ1v) is 5.91. The number of rotatable bonds is 2. The van der Waals surface area contributed by atoms with Crippen molar-refractivity contribution in [3.63, 3.8) is 0 Å². The van der Waals surface area contributed by atoms with Gasteiger partial charge in [0, 0.05) is 5.56 Å². The first-order chi connectivity index (χ1) is 9.25. The number of benzene rings is 2. The van der Waals surface area contributed by atoms with Gasteiger partial charge in [-0.1, -0.05) is 42.5 Å². The SMILES string of the molecule is Nc1n[nH]c(-c2cccc(F)c2)c1-c1ccccc1. The van der Waals surface area contributed by atoms with Crippen molar-refractivity contribution in [2.45, 2.75) is 0 Å². The average Bonchev–Trinajstić information content (AvgIpc) is 2.82. The molecule has 19 heavy (non-hydrogen) atoms. The summed E-state index contributed by atoms with van der Waals surface area (Å²) < 4.78 is 13.3.